The molecule has 0 fully saturated rings. The van der Waals surface area contributed by atoms with E-state index in [-0.39, 0.29) is 5.56 Å². The van der Waals surface area contributed by atoms with Crippen LogP contribution in [0.25, 0.3) is 0 Å². The van der Waals surface area contributed by atoms with Crippen LogP contribution in [0.3, 0.4) is 0 Å². The van der Waals surface area contributed by atoms with Gasteiger partial charge in [0.15, 0.2) is 0 Å². The van der Waals surface area contributed by atoms with Gasteiger partial charge in [-0.1, -0.05) is 45.7 Å². The second kappa shape index (κ2) is 5.17. The summed E-state index contributed by atoms with van der Waals surface area (Å²) in [6.07, 6.45) is -1.04. The van der Waals surface area contributed by atoms with Crippen LogP contribution in [0.1, 0.15) is 17.2 Å². The van der Waals surface area contributed by atoms with E-state index in [0.717, 1.165) is 0 Å². The molecule has 2 aromatic carbocycles. The normalized spacial score (nSPS) is 12.5. The molecule has 17 heavy (non-hydrogen) atoms. The number of halogens is 3. The van der Waals surface area contributed by atoms with Gasteiger partial charge in [0.25, 0.3) is 0 Å². The Morgan fingerprint density at radius 1 is 1.12 bits per heavy atom. The second-order valence-corrected chi connectivity index (χ2v) is 4.88. The molecule has 1 nitrogen and oxygen atoms in total. The van der Waals surface area contributed by atoms with E-state index in [0.29, 0.717) is 15.1 Å². The Hall–Kier alpha value is -0.900. The number of benzene rings is 2. The fraction of sp³-hybridized carbons (Fsp3) is 0.0769. The van der Waals surface area contributed by atoms with Crippen LogP contribution < -0.4 is 0 Å². The summed E-state index contributed by atoms with van der Waals surface area (Å²) in [5.41, 5.74) is 0.776. The summed E-state index contributed by atoms with van der Waals surface area (Å²) >= 11 is 9.17. The fourth-order valence-electron chi connectivity index (χ4n) is 1.59. The van der Waals surface area contributed by atoms with Gasteiger partial charge in [0.2, 0.25) is 0 Å². The van der Waals surface area contributed by atoms with Gasteiger partial charge in [-0.2, -0.15) is 0 Å². The Morgan fingerprint density at radius 3 is 2.53 bits per heavy atom. The number of hydrogen-bond acceptors (Lipinski definition) is 1. The summed E-state index contributed by atoms with van der Waals surface area (Å²) in [6.45, 7) is 0. The predicted molar refractivity (Wildman–Crippen MR) is 69.6 cm³/mol. The van der Waals surface area contributed by atoms with Crippen molar-refractivity contribution < 1.29 is 9.50 Å². The first-order valence-corrected chi connectivity index (χ1v) is 6.14. The van der Waals surface area contributed by atoms with Crippen molar-refractivity contribution in [1.29, 1.82) is 0 Å². The van der Waals surface area contributed by atoms with Crippen molar-refractivity contribution in [3.63, 3.8) is 0 Å². The van der Waals surface area contributed by atoms with Crippen molar-refractivity contribution in [3.05, 3.63) is 68.9 Å². The maximum absolute atomic E-state index is 13.5. The third-order valence-electron chi connectivity index (χ3n) is 2.45. The molecule has 0 bridgehead atoms. The molecule has 1 atom stereocenters. The van der Waals surface area contributed by atoms with Gasteiger partial charge >= 0.3 is 0 Å². The van der Waals surface area contributed by atoms with Crippen molar-refractivity contribution >= 4 is 27.5 Å². The molecule has 88 valence electrons. The SMILES string of the molecule is O[C@H](c1ccccc1F)c1cc(Cl)ccc1Br. The highest BCUT2D eigenvalue weighted by atomic mass is 79.9. The Bertz CT molecular complexity index is 545. The molecule has 0 heterocycles. The van der Waals surface area contributed by atoms with Gasteiger partial charge in [0.05, 0.1) is 0 Å². The molecule has 0 saturated heterocycles. The van der Waals surface area contributed by atoms with Gasteiger partial charge in [-0.15, -0.1) is 0 Å². The zero-order valence-electron chi connectivity index (χ0n) is 8.70. The average Bonchev–Trinajstić information content (AvgIpc) is 2.32. The van der Waals surface area contributed by atoms with Crippen molar-refractivity contribution in [2.24, 2.45) is 0 Å². The summed E-state index contributed by atoms with van der Waals surface area (Å²) in [4.78, 5) is 0. The molecule has 0 aliphatic heterocycles. The first-order valence-electron chi connectivity index (χ1n) is 4.97. The Kier molecular flexibility index (Phi) is 3.82. The zero-order chi connectivity index (χ0) is 12.4. The maximum Gasteiger partial charge on any atom is 0.129 e. The highest BCUT2D eigenvalue weighted by Crippen LogP contribution is 2.31. The smallest absolute Gasteiger partial charge is 0.129 e. The Labute approximate surface area is 112 Å². The van der Waals surface area contributed by atoms with E-state index in [1.54, 1.807) is 36.4 Å². The molecule has 0 radical (unpaired) electrons. The van der Waals surface area contributed by atoms with Gasteiger partial charge < -0.3 is 5.11 Å². The van der Waals surface area contributed by atoms with Crippen LogP contribution in [0.4, 0.5) is 4.39 Å². The van der Waals surface area contributed by atoms with Crippen LogP contribution in [0.2, 0.25) is 5.02 Å². The lowest BCUT2D eigenvalue weighted by atomic mass is 10.0. The summed E-state index contributed by atoms with van der Waals surface area (Å²) < 4.78 is 14.2. The number of aliphatic hydroxyl groups is 1. The fourth-order valence-corrected chi connectivity index (χ4v) is 2.23. The monoisotopic (exact) mass is 314 g/mol. The number of hydrogen-bond donors (Lipinski definition) is 1. The molecule has 0 saturated carbocycles. The molecule has 4 heteroatoms. The lowest BCUT2D eigenvalue weighted by Crippen LogP contribution is -2.03. The minimum absolute atomic E-state index is 0.232. The van der Waals surface area contributed by atoms with Gasteiger partial charge in [-0.25, -0.2) is 4.39 Å². The highest BCUT2D eigenvalue weighted by Gasteiger charge is 2.17. The van der Waals surface area contributed by atoms with Crippen LogP contribution in [-0.4, -0.2) is 5.11 Å². The molecule has 0 amide bonds. The predicted octanol–water partition coefficient (Wildman–Crippen LogP) is 4.32. The van der Waals surface area contributed by atoms with E-state index in [2.05, 4.69) is 15.9 Å². The van der Waals surface area contributed by atoms with Crippen molar-refractivity contribution in [1.82, 2.24) is 0 Å². The second-order valence-electron chi connectivity index (χ2n) is 3.59. The van der Waals surface area contributed by atoms with E-state index in [4.69, 9.17) is 11.6 Å². The third kappa shape index (κ3) is 2.68. The number of rotatable bonds is 2. The van der Waals surface area contributed by atoms with Crippen LogP contribution in [0.5, 0.6) is 0 Å². The molecular formula is C13H9BrClFO. The molecule has 0 spiro atoms. The Morgan fingerprint density at radius 2 is 1.82 bits per heavy atom. The van der Waals surface area contributed by atoms with Gasteiger partial charge in [-0.3, -0.25) is 0 Å². The minimum Gasteiger partial charge on any atom is -0.384 e. The quantitative estimate of drug-likeness (QED) is 0.875. The van der Waals surface area contributed by atoms with Crippen molar-refractivity contribution in [2.75, 3.05) is 0 Å². The van der Waals surface area contributed by atoms with Gasteiger partial charge in [0.1, 0.15) is 11.9 Å². The molecule has 0 unspecified atom stereocenters. The molecule has 2 rings (SSSR count). The van der Waals surface area contributed by atoms with Crippen molar-refractivity contribution in [2.45, 2.75) is 6.10 Å². The third-order valence-corrected chi connectivity index (χ3v) is 3.41. The van der Waals surface area contributed by atoms with Crippen molar-refractivity contribution in [3.8, 4) is 0 Å². The summed E-state index contributed by atoms with van der Waals surface area (Å²) in [5.74, 6) is -0.438. The van der Waals surface area contributed by atoms with E-state index in [9.17, 15) is 9.50 Å². The first-order chi connectivity index (χ1) is 8.09. The average molecular weight is 316 g/mol. The largest absolute Gasteiger partial charge is 0.384 e. The highest BCUT2D eigenvalue weighted by molar-refractivity contribution is 9.10. The van der Waals surface area contributed by atoms with Crippen LogP contribution in [0, 0.1) is 5.82 Å². The molecule has 0 aliphatic carbocycles. The molecule has 1 N–H and O–H groups in total. The maximum atomic E-state index is 13.5. The lowest BCUT2D eigenvalue weighted by Gasteiger charge is -2.14. The van der Waals surface area contributed by atoms with Gasteiger partial charge in [0, 0.05) is 20.6 Å². The molecule has 2 aromatic rings. The van der Waals surface area contributed by atoms with Crippen LogP contribution in [-0.2, 0) is 0 Å². The summed E-state index contributed by atoms with van der Waals surface area (Å²) in [7, 11) is 0. The topological polar surface area (TPSA) is 20.2 Å². The Balaban J connectivity index is 2.47. The van der Waals surface area contributed by atoms with Crippen LogP contribution >= 0.6 is 27.5 Å². The summed E-state index contributed by atoms with van der Waals surface area (Å²) in [6, 6.07) is 11.2. The molecule has 0 aromatic heterocycles. The van der Waals surface area contributed by atoms with Gasteiger partial charge in [-0.05, 0) is 24.3 Å². The number of aliphatic hydroxyl groups excluding tert-OH is 1. The van der Waals surface area contributed by atoms with Crippen LogP contribution in [0.15, 0.2) is 46.9 Å². The van der Waals surface area contributed by atoms with E-state index in [1.807, 2.05) is 0 Å². The standard InChI is InChI=1S/C13H9BrClFO/c14-11-6-5-8(15)7-10(11)13(17)9-3-1-2-4-12(9)16/h1-7,13,17H/t13-/m1/s1. The summed E-state index contributed by atoms with van der Waals surface area (Å²) in [5, 5.41) is 10.6. The molecular weight excluding hydrogens is 306 g/mol. The van der Waals surface area contributed by atoms with E-state index in [1.165, 1.54) is 6.07 Å². The minimum atomic E-state index is -1.04. The van der Waals surface area contributed by atoms with E-state index >= 15 is 0 Å². The lowest BCUT2D eigenvalue weighted by molar-refractivity contribution is 0.214. The zero-order valence-corrected chi connectivity index (χ0v) is 11.0. The first kappa shape index (κ1) is 12.6. The van der Waals surface area contributed by atoms with E-state index < -0.39 is 11.9 Å². The molecule has 0 aliphatic rings.